The molecule has 5 atom stereocenters. The first-order chi connectivity index (χ1) is 26.8. The number of amides is 2. The Bertz CT molecular complexity index is 2380. The standard InChI is InChI=1S/C43H48BN5O6S/c1-22(2)37(47-41(51)52-7)39(50)48-31-17-26(31)19-33(48)38-45-21-29(46-38)24-10-12-28-32-18-25-16-27(44-54-42(3,4)43(5,6)55-44)11-13-30(25)49(32)40(53-34(28)20-24)36-15-14-35(56-36)23-8-9-23/h10-16,18,20-23,26,31,33,37,40H,8-9,17,19H2,1-7H3,(H,45,46)(H,47,51). The SMILES string of the molecule is COC(=O)NC(C(=O)N1C(c2ncc(-c3ccc4c(c3)OC(c3ccc(C5CC5)s3)n3c-4cc4cc(B5OC(C)(C)C(C)(C)O5)ccc43)[nH]2)CC2CC21)C(C)C. The van der Waals surface area contributed by atoms with Gasteiger partial charge in [-0.15, -0.1) is 11.3 Å². The van der Waals surface area contributed by atoms with Crippen LogP contribution in [-0.4, -0.2) is 68.9 Å². The number of nitrogens with one attached hydrogen (secondary N) is 2. The van der Waals surface area contributed by atoms with Crippen molar-refractivity contribution in [3.63, 3.8) is 0 Å². The first-order valence-corrected chi connectivity index (χ1v) is 20.7. The van der Waals surface area contributed by atoms with E-state index in [1.807, 2.05) is 36.3 Å². The van der Waals surface area contributed by atoms with Crippen molar-refractivity contribution in [2.24, 2.45) is 11.8 Å². The van der Waals surface area contributed by atoms with Crippen molar-refractivity contribution in [1.29, 1.82) is 0 Å². The van der Waals surface area contributed by atoms with Crippen molar-refractivity contribution >= 4 is 46.8 Å². The molecule has 56 heavy (non-hydrogen) atoms. The largest absolute Gasteiger partial charge is 0.494 e. The number of hydrogen-bond acceptors (Lipinski definition) is 8. The number of carbonyl (C=O) groups excluding carboxylic acids is 2. The van der Waals surface area contributed by atoms with Gasteiger partial charge in [0.05, 0.1) is 52.3 Å². The van der Waals surface area contributed by atoms with Gasteiger partial charge in [-0.1, -0.05) is 32.0 Å². The van der Waals surface area contributed by atoms with Crippen LogP contribution in [0.2, 0.25) is 0 Å². The molecular weight excluding hydrogens is 725 g/mol. The zero-order valence-electron chi connectivity index (χ0n) is 32.9. The number of methoxy groups -OCH3 is 1. The average Bonchev–Trinajstić information content (AvgIpc) is 3.83. The van der Waals surface area contributed by atoms with E-state index in [0.717, 1.165) is 63.3 Å². The van der Waals surface area contributed by atoms with Gasteiger partial charge >= 0.3 is 13.2 Å². The number of hydrogen-bond donors (Lipinski definition) is 2. The van der Waals surface area contributed by atoms with Crippen molar-refractivity contribution in [3.8, 4) is 28.3 Å². The Kier molecular flexibility index (Phi) is 8.13. The van der Waals surface area contributed by atoms with Crippen LogP contribution < -0.4 is 15.5 Å². The van der Waals surface area contributed by atoms with Gasteiger partial charge in [-0.2, -0.15) is 0 Å². The quantitative estimate of drug-likeness (QED) is 0.154. The highest BCUT2D eigenvalue weighted by Gasteiger charge is 2.56. The molecule has 4 fully saturated rings. The zero-order chi connectivity index (χ0) is 38.8. The summed E-state index contributed by atoms with van der Waals surface area (Å²) in [4.78, 5) is 39.1. The molecule has 3 aromatic heterocycles. The minimum absolute atomic E-state index is 0.0940. The van der Waals surface area contributed by atoms with E-state index < -0.39 is 30.5 Å². The van der Waals surface area contributed by atoms with Gasteiger partial charge in [-0.3, -0.25) is 9.36 Å². The Labute approximate surface area is 331 Å². The molecule has 2 saturated heterocycles. The number of fused-ring (bicyclic) bond motifs is 6. The van der Waals surface area contributed by atoms with E-state index >= 15 is 0 Å². The number of rotatable bonds is 8. The maximum Gasteiger partial charge on any atom is 0.494 e. The molecule has 2 aromatic carbocycles. The lowest BCUT2D eigenvalue weighted by molar-refractivity contribution is -0.136. The summed E-state index contributed by atoms with van der Waals surface area (Å²) < 4.78 is 27.1. The highest BCUT2D eigenvalue weighted by Crippen LogP contribution is 2.54. The second-order valence-corrected chi connectivity index (χ2v) is 18.7. The van der Waals surface area contributed by atoms with Crippen molar-refractivity contribution in [1.82, 2.24) is 24.8 Å². The lowest BCUT2D eigenvalue weighted by atomic mass is 9.78. The van der Waals surface area contributed by atoms with Crippen molar-refractivity contribution < 1.29 is 28.4 Å². The summed E-state index contributed by atoms with van der Waals surface area (Å²) in [5.74, 6) is 2.46. The monoisotopic (exact) mass is 773 g/mol. The molecule has 2 saturated carbocycles. The van der Waals surface area contributed by atoms with E-state index in [0.29, 0.717) is 11.8 Å². The second kappa shape index (κ2) is 12.7. The highest BCUT2D eigenvalue weighted by molar-refractivity contribution is 7.12. The fourth-order valence-corrected chi connectivity index (χ4v) is 10.0. The molecule has 0 radical (unpaired) electrons. The summed E-state index contributed by atoms with van der Waals surface area (Å²) >= 11 is 1.85. The lowest BCUT2D eigenvalue weighted by Gasteiger charge is -2.32. The van der Waals surface area contributed by atoms with Crippen LogP contribution in [0.15, 0.2) is 60.8 Å². The predicted molar refractivity (Wildman–Crippen MR) is 216 cm³/mol. The van der Waals surface area contributed by atoms with Crippen molar-refractivity contribution in [2.45, 2.75) is 109 Å². The number of aromatic amines is 1. The number of alkyl carbamates (subject to hydrolysis) is 1. The third-order valence-corrected chi connectivity index (χ3v) is 14.2. The van der Waals surface area contributed by atoms with Crippen LogP contribution in [0.4, 0.5) is 4.79 Å². The molecule has 5 aliphatic rings. The van der Waals surface area contributed by atoms with Gasteiger partial charge in [0.2, 0.25) is 12.1 Å². The summed E-state index contributed by atoms with van der Waals surface area (Å²) in [6, 6.07) is 18.9. The van der Waals surface area contributed by atoms with Crippen molar-refractivity contribution in [3.05, 3.63) is 76.4 Å². The van der Waals surface area contributed by atoms with Gasteiger partial charge in [0.25, 0.3) is 0 Å². The minimum Gasteiger partial charge on any atom is -0.464 e. The molecule has 0 spiro atoms. The van der Waals surface area contributed by atoms with E-state index in [4.69, 9.17) is 23.8 Å². The van der Waals surface area contributed by atoms with E-state index in [2.05, 4.69) is 97.2 Å². The number of aromatic nitrogens is 3. The molecule has 290 valence electrons. The third kappa shape index (κ3) is 5.79. The Morgan fingerprint density at radius 3 is 2.50 bits per heavy atom. The van der Waals surface area contributed by atoms with Gasteiger partial charge in [0, 0.05) is 27.4 Å². The number of benzene rings is 2. The molecule has 2 aliphatic carbocycles. The van der Waals surface area contributed by atoms with Gasteiger partial charge in [0.15, 0.2) is 0 Å². The summed E-state index contributed by atoms with van der Waals surface area (Å²) in [5.41, 5.74) is 5.15. The molecular formula is C43H48BN5O6S. The highest BCUT2D eigenvalue weighted by atomic mass is 32.1. The Morgan fingerprint density at radius 1 is 1.00 bits per heavy atom. The second-order valence-electron chi connectivity index (χ2n) is 17.6. The van der Waals surface area contributed by atoms with Crippen LogP contribution in [0.25, 0.3) is 33.4 Å². The molecule has 3 aliphatic heterocycles. The number of likely N-dealkylation sites (tertiary alicyclic amines) is 1. The molecule has 6 heterocycles. The Morgan fingerprint density at radius 2 is 1.77 bits per heavy atom. The molecule has 0 bridgehead atoms. The first kappa shape index (κ1) is 35.8. The molecule has 13 heteroatoms. The van der Waals surface area contributed by atoms with E-state index in [9.17, 15) is 9.59 Å². The number of H-pyrrole nitrogens is 1. The van der Waals surface area contributed by atoms with Gasteiger partial charge in [0.1, 0.15) is 17.6 Å². The van der Waals surface area contributed by atoms with Gasteiger partial charge < -0.3 is 34.0 Å². The summed E-state index contributed by atoms with van der Waals surface area (Å²) in [6.07, 6.45) is 5.23. The van der Waals surface area contributed by atoms with Crippen LogP contribution >= 0.6 is 11.3 Å². The van der Waals surface area contributed by atoms with Crippen LogP contribution in [0.5, 0.6) is 5.75 Å². The first-order valence-electron chi connectivity index (χ1n) is 19.9. The molecule has 5 unspecified atom stereocenters. The summed E-state index contributed by atoms with van der Waals surface area (Å²) in [6.45, 7) is 12.2. The van der Waals surface area contributed by atoms with Crippen LogP contribution in [0.1, 0.15) is 101 Å². The van der Waals surface area contributed by atoms with E-state index in [-0.39, 0.29) is 30.1 Å². The van der Waals surface area contributed by atoms with Crippen LogP contribution in [-0.2, 0) is 18.8 Å². The fraction of sp³-hybridized carbons (Fsp3) is 0.465. The number of carbonyl (C=O) groups is 2. The van der Waals surface area contributed by atoms with Gasteiger partial charge in [-0.25, -0.2) is 9.78 Å². The normalized spacial score (nSPS) is 24.8. The van der Waals surface area contributed by atoms with E-state index in [1.54, 1.807) is 0 Å². The topological polar surface area (TPSA) is 120 Å². The van der Waals surface area contributed by atoms with Crippen LogP contribution in [0, 0.1) is 11.8 Å². The Hall–Kier alpha value is -4.59. The number of ether oxygens (including phenoxy) is 2. The summed E-state index contributed by atoms with van der Waals surface area (Å²) in [5, 5.41) is 3.87. The maximum absolute atomic E-state index is 14.0. The maximum atomic E-state index is 14.0. The number of nitrogens with zero attached hydrogens (tertiary/aromatic N) is 3. The average molecular weight is 774 g/mol. The lowest BCUT2D eigenvalue weighted by Crippen LogP contribution is -2.52. The van der Waals surface area contributed by atoms with Crippen LogP contribution in [0.3, 0.4) is 0 Å². The smallest absolute Gasteiger partial charge is 0.464 e. The molecule has 2 N–H and O–H groups in total. The predicted octanol–water partition coefficient (Wildman–Crippen LogP) is 7.92. The molecule has 11 nitrogen and oxygen atoms in total. The number of imidazole rings is 1. The van der Waals surface area contributed by atoms with Crippen molar-refractivity contribution in [2.75, 3.05) is 7.11 Å². The zero-order valence-corrected chi connectivity index (χ0v) is 33.7. The van der Waals surface area contributed by atoms with E-state index in [1.165, 1.54) is 29.7 Å². The summed E-state index contributed by atoms with van der Waals surface area (Å²) in [7, 11) is 0.865. The number of thiophene rings is 1. The molecule has 10 rings (SSSR count). The third-order valence-electron chi connectivity index (χ3n) is 13.0. The van der Waals surface area contributed by atoms with Gasteiger partial charge in [-0.05, 0) is 113 Å². The minimum atomic E-state index is -0.681. The fourth-order valence-electron chi connectivity index (χ4n) is 8.82. The molecule has 5 aromatic rings. The molecule has 2 amide bonds. The number of piperidine rings is 1. The Balaban J connectivity index is 0.987.